The molecule has 0 bridgehead atoms. The molecule has 0 amide bonds. The van der Waals surface area contributed by atoms with E-state index in [0.29, 0.717) is 18.6 Å². The van der Waals surface area contributed by atoms with E-state index in [1.54, 1.807) is 13.2 Å². The fourth-order valence-corrected chi connectivity index (χ4v) is 2.15. The molecule has 1 aliphatic rings. The van der Waals surface area contributed by atoms with Crippen molar-refractivity contribution in [2.75, 3.05) is 6.54 Å². The zero-order valence-electron chi connectivity index (χ0n) is 9.45. The third-order valence-electron chi connectivity index (χ3n) is 2.99. The molecule has 1 atom stereocenters. The Morgan fingerprint density at radius 3 is 2.94 bits per heavy atom. The van der Waals surface area contributed by atoms with E-state index in [4.69, 9.17) is 0 Å². The molecular formula is C9H17BN4O2. The third-order valence-corrected chi connectivity index (χ3v) is 2.99. The molecule has 2 N–H and O–H groups in total. The van der Waals surface area contributed by atoms with Crippen molar-refractivity contribution in [2.24, 2.45) is 7.05 Å². The van der Waals surface area contributed by atoms with Gasteiger partial charge in [-0.05, 0) is 12.8 Å². The summed E-state index contributed by atoms with van der Waals surface area (Å²) in [5, 5.41) is 28.1. The van der Waals surface area contributed by atoms with Gasteiger partial charge in [0.25, 0.3) is 0 Å². The normalized spacial score (nSPS) is 24.2. The van der Waals surface area contributed by atoms with E-state index in [1.807, 2.05) is 0 Å². The number of hydrogen-bond donors (Lipinski definition) is 2. The van der Waals surface area contributed by atoms with Crippen molar-refractivity contribution in [1.29, 1.82) is 0 Å². The van der Waals surface area contributed by atoms with E-state index < -0.39 is 12.9 Å². The van der Waals surface area contributed by atoms with Crippen LogP contribution in [-0.2, 0) is 7.05 Å². The Morgan fingerprint density at radius 1 is 1.44 bits per heavy atom. The summed E-state index contributed by atoms with van der Waals surface area (Å²) in [5.41, 5.74) is 0.624. The Kier molecular flexibility index (Phi) is 3.57. The Hall–Kier alpha value is -0.915. The quantitative estimate of drug-likeness (QED) is 0.609. The van der Waals surface area contributed by atoms with Crippen LogP contribution in [0.15, 0.2) is 6.20 Å². The smallest absolute Gasteiger partial charge is 0.342 e. The van der Waals surface area contributed by atoms with Crippen LogP contribution in [0.5, 0.6) is 0 Å². The first-order valence-corrected chi connectivity index (χ1v) is 5.68. The Labute approximate surface area is 94.9 Å². The van der Waals surface area contributed by atoms with E-state index in [2.05, 4.69) is 10.2 Å². The zero-order chi connectivity index (χ0) is 11.5. The van der Waals surface area contributed by atoms with Crippen LogP contribution in [0, 0.1) is 0 Å². The molecule has 0 aliphatic carbocycles. The van der Waals surface area contributed by atoms with Gasteiger partial charge in [0.15, 0.2) is 0 Å². The van der Waals surface area contributed by atoms with Crippen molar-refractivity contribution >= 4 is 12.4 Å². The minimum Gasteiger partial charge on any atom is -0.399 e. The second kappa shape index (κ2) is 4.94. The van der Waals surface area contributed by atoms with Gasteiger partial charge in [-0.1, -0.05) is 12.8 Å². The first-order chi connectivity index (χ1) is 7.68. The van der Waals surface area contributed by atoms with Crippen molar-refractivity contribution in [1.82, 2.24) is 20.0 Å². The van der Waals surface area contributed by atoms with Crippen LogP contribution < -0.4 is 5.59 Å². The van der Waals surface area contributed by atoms with Crippen LogP contribution in [0.1, 0.15) is 25.7 Å². The van der Waals surface area contributed by atoms with E-state index >= 15 is 0 Å². The third kappa shape index (κ3) is 2.42. The molecule has 7 heteroatoms. The summed E-state index contributed by atoms with van der Waals surface area (Å²) in [4.78, 5) is 2.63. The predicted molar refractivity (Wildman–Crippen MR) is 59.4 cm³/mol. The van der Waals surface area contributed by atoms with Gasteiger partial charge in [-0.3, -0.25) is 0 Å². The molecule has 0 aromatic carbocycles. The van der Waals surface area contributed by atoms with E-state index in [9.17, 15) is 10.3 Å². The molecule has 6 nitrogen and oxygen atoms in total. The minimum absolute atomic E-state index is 0.450. The van der Waals surface area contributed by atoms with Gasteiger partial charge in [-0.2, -0.15) is 15.0 Å². The zero-order valence-corrected chi connectivity index (χ0v) is 9.45. The number of nitrogens with zero attached hydrogens (tertiary/aromatic N) is 4. The summed E-state index contributed by atoms with van der Waals surface area (Å²) in [6.45, 7) is 0.118. The minimum atomic E-state index is -0.581. The fourth-order valence-electron chi connectivity index (χ4n) is 2.15. The van der Waals surface area contributed by atoms with E-state index in [0.717, 1.165) is 19.3 Å². The number of aryl methyl sites for hydroxylation is 1. The summed E-state index contributed by atoms with van der Waals surface area (Å²) in [6, 6.07) is -0.581. The monoisotopic (exact) mass is 224 g/mol. The molecule has 2 rings (SSSR count). The summed E-state index contributed by atoms with van der Waals surface area (Å²) < 4.78 is 0. The standard InChI is InChI=1S/C9H17BN4O2/c1-13-11-7-8(12-13)10-9(15)5-3-2-4-6-14(10)16/h7,9,15-16H,2-6H2,1H3. The van der Waals surface area contributed by atoms with Gasteiger partial charge in [-0.15, -0.1) is 0 Å². The molecule has 0 saturated carbocycles. The summed E-state index contributed by atoms with van der Waals surface area (Å²) >= 11 is 0. The SMILES string of the molecule is Cn1ncc(B2C(O)CCCCCN2O)n1. The number of aliphatic hydroxyl groups excluding tert-OH is 1. The van der Waals surface area contributed by atoms with Crippen LogP contribution in [0.2, 0.25) is 0 Å². The Balaban J connectivity index is 2.19. The number of rotatable bonds is 1. The van der Waals surface area contributed by atoms with Crippen molar-refractivity contribution in [2.45, 2.75) is 31.7 Å². The molecule has 1 aromatic heterocycles. The molecule has 1 unspecified atom stereocenters. The van der Waals surface area contributed by atoms with E-state index in [-0.39, 0.29) is 0 Å². The fraction of sp³-hybridized carbons (Fsp3) is 0.778. The topological polar surface area (TPSA) is 74.4 Å². The molecule has 0 radical (unpaired) electrons. The summed E-state index contributed by atoms with van der Waals surface area (Å²) in [6.07, 6.45) is 5.27. The maximum Gasteiger partial charge on any atom is 0.342 e. The predicted octanol–water partition coefficient (Wildman–Crippen LogP) is -0.821. The highest BCUT2D eigenvalue weighted by molar-refractivity contribution is 6.70. The second-order valence-electron chi connectivity index (χ2n) is 4.28. The van der Waals surface area contributed by atoms with E-state index in [1.165, 1.54) is 9.77 Å². The lowest BCUT2D eigenvalue weighted by molar-refractivity contribution is -0.0166. The maximum absolute atomic E-state index is 10.0. The van der Waals surface area contributed by atoms with Crippen molar-refractivity contribution < 1.29 is 10.3 Å². The largest absolute Gasteiger partial charge is 0.399 e. The van der Waals surface area contributed by atoms with Crippen LogP contribution in [0.4, 0.5) is 0 Å². The maximum atomic E-state index is 10.0. The highest BCUT2D eigenvalue weighted by atomic mass is 16.5. The molecule has 1 saturated heterocycles. The van der Waals surface area contributed by atoms with Gasteiger partial charge in [0, 0.05) is 13.6 Å². The molecule has 88 valence electrons. The molecule has 1 aromatic rings. The average Bonchev–Trinajstić information content (AvgIpc) is 2.62. The van der Waals surface area contributed by atoms with Crippen molar-refractivity contribution in [3.05, 3.63) is 6.20 Å². The van der Waals surface area contributed by atoms with Crippen LogP contribution in [0.3, 0.4) is 0 Å². The number of aromatic nitrogens is 3. The van der Waals surface area contributed by atoms with Crippen LogP contribution in [0.25, 0.3) is 0 Å². The van der Waals surface area contributed by atoms with Gasteiger partial charge in [0.05, 0.1) is 17.8 Å². The lowest BCUT2D eigenvalue weighted by Gasteiger charge is -2.27. The molecular weight excluding hydrogens is 207 g/mol. The molecule has 1 fully saturated rings. The van der Waals surface area contributed by atoms with Crippen molar-refractivity contribution in [3.63, 3.8) is 0 Å². The van der Waals surface area contributed by atoms with Crippen LogP contribution >= 0.6 is 0 Å². The summed E-state index contributed by atoms with van der Waals surface area (Å²) in [7, 11) is 1.72. The lowest BCUT2D eigenvalue weighted by atomic mass is 9.52. The van der Waals surface area contributed by atoms with Gasteiger partial charge in [0.1, 0.15) is 0 Å². The van der Waals surface area contributed by atoms with Gasteiger partial charge in [0.2, 0.25) is 0 Å². The molecule has 2 heterocycles. The lowest BCUT2D eigenvalue weighted by Crippen LogP contribution is -2.56. The molecule has 16 heavy (non-hydrogen) atoms. The van der Waals surface area contributed by atoms with Gasteiger partial charge >= 0.3 is 6.85 Å². The van der Waals surface area contributed by atoms with Gasteiger partial charge in [-0.25, -0.2) is 4.97 Å². The summed E-state index contributed by atoms with van der Waals surface area (Å²) in [5.74, 6) is 0. The number of hydroxylamine groups is 1. The van der Waals surface area contributed by atoms with Crippen LogP contribution in [-0.4, -0.2) is 49.7 Å². The number of hydrogen-bond acceptors (Lipinski definition) is 5. The second-order valence-corrected chi connectivity index (χ2v) is 4.28. The Bertz CT molecular complexity index is 334. The average molecular weight is 224 g/mol. The highest BCUT2D eigenvalue weighted by Crippen LogP contribution is 2.12. The first kappa shape index (κ1) is 11.6. The highest BCUT2D eigenvalue weighted by Gasteiger charge is 2.35. The first-order valence-electron chi connectivity index (χ1n) is 5.68. The molecule has 0 spiro atoms. The van der Waals surface area contributed by atoms with Crippen molar-refractivity contribution in [3.8, 4) is 0 Å². The Morgan fingerprint density at radius 2 is 2.25 bits per heavy atom. The molecule has 1 aliphatic heterocycles. The van der Waals surface area contributed by atoms with Gasteiger partial charge < -0.3 is 10.3 Å². The number of aliphatic hydroxyl groups is 1.